The number of likely N-dealkylation sites (N-methyl/N-ethyl adjacent to an activating group) is 1. The maximum Gasteiger partial charge on any atom is 0.266 e. The molecule has 0 aliphatic carbocycles. The first-order chi connectivity index (χ1) is 15.8. The van der Waals surface area contributed by atoms with Crippen molar-refractivity contribution in [2.24, 2.45) is 4.99 Å². The first-order valence-electron chi connectivity index (χ1n) is 11.0. The molecule has 0 N–H and O–H groups in total. The number of amides is 1. The number of thioether (sulfide) groups is 1. The van der Waals surface area contributed by atoms with Crippen molar-refractivity contribution in [1.29, 1.82) is 0 Å². The van der Waals surface area contributed by atoms with Crippen molar-refractivity contribution in [3.63, 3.8) is 0 Å². The highest BCUT2D eigenvalue weighted by atomic mass is 32.2. The van der Waals surface area contributed by atoms with Crippen LogP contribution in [0.5, 0.6) is 5.75 Å². The minimum absolute atomic E-state index is 0.00837. The lowest BCUT2D eigenvalue weighted by Gasteiger charge is -2.12. The number of carbonyl (C=O) groups is 1. The molecule has 5 nitrogen and oxygen atoms in total. The molecule has 1 fully saturated rings. The van der Waals surface area contributed by atoms with E-state index in [0.29, 0.717) is 16.6 Å². The Morgan fingerprint density at radius 1 is 1.00 bits per heavy atom. The molecule has 6 heteroatoms. The summed E-state index contributed by atoms with van der Waals surface area (Å²) in [5.41, 5.74) is 7.70. The smallest absolute Gasteiger partial charge is 0.266 e. The Labute approximate surface area is 199 Å². The van der Waals surface area contributed by atoms with Gasteiger partial charge in [-0.15, -0.1) is 0 Å². The fourth-order valence-electron chi connectivity index (χ4n) is 4.19. The van der Waals surface area contributed by atoms with E-state index in [1.165, 1.54) is 22.9 Å². The number of nitrogens with zero attached hydrogens (tertiary/aromatic N) is 3. The predicted molar refractivity (Wildman–Crippen MR) is 138 cm³/mol. The molecule has 1 aromatic heterocycles. The number of rotatable bonds is 5. The van der Waals surface area contributed by atoms with Gasteiger partial charge in [-0.05, 0) is 112 Å². The Balaban J connectivity index is 1.69. The molecule has 0 spiro atoms. The standard InChI is InChI=1S/C27H29N3O2S/c1-7-29-26(31)25(33-27(29)28-22-8-10-24(32-6)11-9-22)16-21-15-19(4)30(20(21)5)23-13-17(2)12-18(3)14-23/h8-16H,7H2,1-6H3/b25-16+,28-27?. The lowest BCUT2D eigenvalue weighted by Crippen LogP contribution is -2.28. The first kappa shape index (κ1) is 22.9. The fraction of sp³-hybridized carbons (Fsp3) is 0.259. The van der Waals surface area contributed by atoms with Crippen LogP contribution in [0.2, 0.25) is 0 Å². The van der Waals surface area contributed by atoms with Gasteiger partial charge in [0.05, 0.1) is 17.7 Å². The van der Waals surface area contributed by atoms with Crippen molar-refractivity contribution in [1.82, 2.24) is 9.47 Å². The lowest BCUT2D eigenvalue weighted by molar-refractivity contribution is -0.122. The van der Waals surface area contributed by atoms with Crippen LogP contribution < -0.4 is 4.74 Å². The molecule has 0 radical (unpaired) electrons. The van der Waals surface area contributed by atoms with Gasteiger partial charge in [0, 0.05) is 23.6 Å². The maximum absolute atomic E-state index is 13.1. The number of carbonyl (C=O) groups excluding carboxylic acids is 1. The van der Waals surface area contributed by atoms with Crippen LogP contribution in [-0.2, 0) is 4.79 Å². The monoisotopic (exact) mass is 459 g/mol. The molecule has 0 saturated carbocycles. The summed E-state index contributed by atoms with van der Waals surface area (Å²) in [6.45, 7) is 11.0. The molecule has 33 heavy (non-hydrogen) atoms. The minimum atomic E-state index is -0.00837. The third-order valence-corrected chi connectivity index (χ3v) is 6.73. The SMILES string of the molecule is CCN1C(=O)/C(=C\c2cc(C)n(-c3cc(C)cc(C)c3)c2C)SC1=Nc1ccc(OC)cc1. The Morgan fingerprint density at radius 3 is 2.27 bits per heavy atom. The van der Waals surface area contributed by atoms with Gasteiger partial charge in [-0.2, -0.15) is 0 Å². The van der Waals surface area contributed by atoms with E-state index in [1.54, 1.807) is 12.0 Å². The summed E-state index contributed by atoms with van der Waals surface area (Å²) in [4.78, 5) is 20.3. The summed E-state index contributed by atoms with van der Waals surface area (Å²) in [7, 11) is 1.64. The molecule has 1 amide bonds. The van der Waals surface area contributed by atoms with Gasteiger partial charge in [0.15, 0.2) is 5.17 Å². The first-order valence-corrected chi connectivity index (χ1v) is 11.8. The third kappa shape index (κ3) is 4.62. The van der Waals surface area contributed by atoms with Crippen LogP contribution >= 0.6 is 11.8 Å². The summed E-state index contributed by atoms with van der Waals surface area (Å²) in [6.07, 6.45) is 1.99. The van der Waals surface area contributed by atoms with Gasteiger partial charge in [-0.1, -0.05) is 6.07 Å². The summed E-state index contributed by atoms with van der Waals surface area (Å²) >= 11 is 1.42. The van der Waals surface area contributed by atoms with Gasteiger partial charge in [-0.3, -0.25) is 9.69 Å². The largest absolute Gasteiger partial charge is 0.497 e. The Hall–Kier alpha value is -3.25. The second-order valence-electron chi connectivity index (χ2n) is 8.26. The molecule has 3 aromatic rings. The number of benzene rings is 2. The van der Waals surface area contributed by atoms with Gasteiger partial charge in [0.1, 0.15) is 5.75 Å². The van der Waals surface area contributed by atoms with E-state index < -0.39 is 0 Å². The molecule has 4 rings (SSSR count). The molecule has 0 atom stereocenters. The number of ether oxygens (including phenoxy) is 1. The third-order valence-electron chi connectivity index (χ3n) is 5.72. The minimum Gasteiger partial charge on any atom is -0.497 e. The van der Waals surface area contributed by atoms with E-state index in [-0.39, 0.29) is 5.91 Å². The Kier molecular flexibility index (Phi) is 6.47. The van der Waals surface area contributed by atoms with E-state index in [1.807, 2.05) is 37.3 Å². The maximum atomic E-state index is 13.1. The van der Waals surface area contributed by atoms with Crippen LogP contribution in [0.15, 0.2) is 58.4 Å². The molecule has 170 valence electrons. The van der Waals surface area contributed by atoms with E-state index in [9.17, 15) is 4.79 Å². The van der Waals surface area contributed by atoms with Crippen LogP contribution in [0.1, 0.15) is 35.0 Å². The lowest BCUT2D eigenvalue weighted by atomic mass is 10.1. The second kappa shape index (κ2) is 9.32. The number of aromatic nitrogens is 1. The topological polar surface area (TPSA) is 46.8 Å². The Bertz CT molecular complexity index is 1250. The van der Waals surface area contributed by atoms with Crippen LogP contribution in [0.4, 0.5) is 5.69 Å². The van der Waals surface area contributed by atoms with Crippen molar-refractivity contribution in [2.75, 3.05) is 13.7 Å². The van der Waals surface area contributed by atoms with Crippen molar-refractivity contribution in [2.45, 2.75) is 34.6 Å². The quantitative estimate of drug-likeness (QED) is 0.418. The number of hydrogen-bond donors (Lipinski definition) is 0. The van der Waals surface area contributed by atoms with Crippen molar-refractivity contribution < 1.29 is 9.53 Å². The van der Waals surface area contributed by atoms with Crippen molar-refractivity contribution in [3.8, 4) is 11.4 Å². The van der Waals surface area contributed by atoms with Gasteiger partial charge in [-0.25, -0.2) is 4.99 Å². The molecule has 0 unspecified atom stereocenters. The zero-order valence-corrected chi connectivity index (χ0v) is 20.8. The summed E-state index contributed by atoms with van der Waals surface area (Å²) in [5.74, 6) is 0.771. The van der Waals surface area contributed by atoms with Gasteiger partial charge >= 0.3 is 0 Å². The van der Waals surface area contributed by atoms with E-state index in [2.05, 4.69) is 56.5 Å². The number of methoxy groups -OCH3 is 1. The van der Waals surface area contributed by atoms with Gasteiger partial charge < -0.3 is 9.30 Å². The number of aliphatic imine (C=N–C) groups is 1. The van der Waals surface area contributed by atoms with Crippen LogP contribution in [0, 0.1) is 27.7 Å². The number of hydrogen-bond acceptors (Lipinski definition) is 4. The molecule has 2 heterocycles. The highest BCUT2D eigenvalue weighted by molar-refractivity contribution is 8.18. The van der Waals surface area contributed by atoms with Gasteiger partial charge in [0.25, 0.3) is 5.91 Å². The van der Waals surface area contributed by atoms with E-state index >= 15 is 0 Å². The molecule has 2 aromatic carbocycles. The van der Waals surface area contributed by atoms with Crippen LogP contribution in [-0.4, -0.2) is 34.2 Å². The number of amidine groups is 1. The van der Waals surface area contributed by atoms with E-state index in [4.69, 9.17) is 9.73 Å². The highest BCUT2D eigenvalue weighted by Gasteiger charge is 2.32. The highest BCUT2D eigenvalue weighted by Crippen LogP contribution is 2.35. The van der Waals surface area contributed by atoms with Crippen LogP contribution in [0.25, 0.3) is 11.8 Å². The van der Waals surface area contributed by atoms with Crippen LogP contribution in [0.3, 0.4) is 0 Å². The number of aryl methyl sites for hydroxylation is 3. The van der Waals surface area contributed by atoms with Crippen molar-refractivity contribution in [3.05, 3.63) is 81.5 Å². The van der Waals surface area contributed by atoms with Gasteiger partial charge in [0.2, 0.25) is 0 Å². The predicted octanol–water partition coefficient (Wildman–Crippen LogP) is 6.34. The summed E-state index contributed by atoms with van der Waals surface area (Å²) in [6, 6.07) is 16.2. The Morgan fingerprint density at radius 2 is 1.67 bits per heavy atom. The summed E-state index contributed by atoms with van der Waals surface area (Å²) in [5, 5.41) is 0.696. The zero-order chi connectivity index (χ0) is 23.7. The average molecular weight is 460 g/mol. The van der Waals surface area contributed by atoms with Crippen molar-refractivity contribution >= 4 is 34.6 Å². The average Bonchev–Trinajstić information content (AvgIpc) is 3.22. The molecular weight excluding hydrogens is 430 g/mol. The van der Waals surface area contributed by atoms with E-state index in [0.717, 1.165) is 34.1 Å². The molecule has 1 aliphatic rings. The zero-order valence-electron chi connectivity index (χ0n) is 20.0. The fourth-order valence-corrected chi connectivity index (χ4v) is 5.24. The molecular formula is C27H29N3O2S. The normalized spacial score (nSPS) is 16.3. The molecule has 0 bridgehead atoms. The molecule has 1 saturated heterocycles. The second-order valence-corrected chi connectivity index (χ2v) is 9.27. The molecule has 1 aliphatic heterocycles. The summed E-state index contributed by atoms with van der Waals surface area (Å²) < 4.78 is 7.47.